The first-order valence-electron chi connectivity index (χ1n) is 7.69. The largest absolute Gasteiger partial charge is 0.399 e. The second-order valence-electron chi connectivity index (χ2n) is 6.21. The van der Waals surface area contributed by atoms with E-state index in [4.69, 9.17) is 5.73 Å². The summed E-state index contributed by atoms with van der Waals surface area (Å²) in [5.41, 5.74) is 10.3. The van der Waals surface area contributed by atoms with Crippen LogP contribution in [0.1, 0.15) is 51.2 Å². The number of anilines is 2. The average Bonchev–Trinajstić information content (AvgIpc) is 2.48. The fraction of sp³-hybridized carbons (Fsp3) is 0.368. The standard InChI is InChI=1S/C19H26N2/c1-5-19(4,16-8-10-17(20)11-9-16)21-18-12-6-15(7-13-18)14(2)3/h6-14,21H,5,20H2,1-4H3. The van der Waals surface area contributed by atoms with E-state index in [1.54, 1.807) is 0 Å². The molecular weight excluding hydrogens is 256 g/mol. The van der Waals surface area contributed by atoms with Crippen molar-refractivity contribution in [3.63, 3.8) is 0 Å². The number of nitrogens with two attached hydrogens (primary N) is 1. The Hall–Kier alpha value is -1.96. The summed E-state index contributed by atoms with van der Waals surface area (Å²) in [6.45, 7) is 8.86. The van der Waals surface area contributed by atoms with Crippen molar-refractivity contribution in [2.24, 2.45) is 0 Å². The fourth-order valence-corrected chi connectivity index (χ4v) is 2.49. The minimum atomic E-state index is -0.0902. The average molecular weight is 282 g/mol. The van der Waals surface area contributed by atoms with Crippen molar-refractivity contribution in [3.05, 3.63) is 59.7 Å². The Labute approximate surface area is 128 Å². The topological polar surface area (TPSA) is 38.0 Å². The van der Waals surface area contributed by atoms with Gasteiger partial charge in [0.1, 0.15) is 0 Å². The molecule has 21 heavy (non-hydrogen) atoms. The molecule has 1 unspecified atom stereocenters. The van der Waals surface area contributed by atoms with Crippen LogP contribution in [0.15, 0.2) is 48.5 Å². The van der Waals surface area contributed by atoms with Gasteiger partial charge in [-0.25, -0.2) is 0 Å². The van der Waals surface area contributed by atoms with Crippen LogP contribution < -0.4 is 11.1 Å². The lowest BCUT2D eigenvalue weighted by Gasteiger charge is -2.32. The third-order valence-electron chi connectivity index (χ3n) is 4.25. The lowest BCUT2D eigenvalue weighted by molar-refractivity contribution is 0.523. The molecule has 0 spiro atoms. The molecule has 2 aromatic carbocycles. The summed E-state index contributed by atoms with van der Waals surface area (Å²) < 4.78 is 0. The van der Waals surface area contributed by atoms with Crippen LogP contribution in [0.4, 0.5) is 11.4 Å². The first-order chi connectivity index (χ1) is 9.94. The van der Waals surface area contributed by atoms with E-state index in [9.17, 15) is 0 Å². The van der Waals surface area contributed by atoms with Gasteiger partial charge in [-0.2, -0.15) is 0 Å². The van der Waals surface area contributed by atoms with Gasteiger partial charge in [0.2, 0.25) is 0 Å². The maximum Gasteiger partial charge on any atom is 0.0594 e. The normalized spacial score (nSPS) is 14.0. The molecule has 2 aromatic rings. The number of benzene rings is 2. The second kappa shape index (κ2) is 6.21. The highest BCUT2D eigenvalue weighted by Gasteiger charge is 2.24. The molecule has 0 heterocycles. The van der Waals surface area contributed by atoms with Crippen molar-refractivity contribution in [1.82, 2.24) is 0 Å². The van der Waals surface area contributed by atoms with Gasteiger partial charge < -0.3 is 11.1 Å². The van der Waals surface area contributed by atoms with Gasteiger partial charge in [-0.3, -0.25) is 0 Å². The van der Waals surface area contributed by atoms with E-state index in [0.29, 0.717) is 5.92 Å². The molecular formula is C19H26N2. The van der Waals surface area contributed by atoms with Gasteiger partial charge in [-0.05, 0) is 54.7 Å². The minimum Gasteiger partial charge on any atom is -0.399 e. The zero-order valence-corrected chi connectivity index (χ0v) is 13.5. The van der Waals surface area contributed by atoms with E-state index in [0.717, 1.165) is 17.8 Å². The van der Waals surface area contributed by atoms with Crippen LogP contribution in [0, 0.1) is 0 Å². The zero-order valence-electron chi connectivity index (χ0n) is 13.5. The van der Waals surface area contributed by atoms with Crippen LogP contribution in [0.5, 0.6) is 0 Å². The Bertz CT molecular complexity index is 570. The van der Waals surface area contributed by atoms with Crippen LogP contribution in [0.2, 0.25) is 0 Å². The van der Waals surface area contributed by atoms with Crippen LogP contribution in [0.25, 0.3) is 0 Å². The number of nitrogen functional groups attached to an aromatic ring is 1. The quantitative estimate of drug-likeness (QED) is 0.746. The van der Waals surface area contributed by atoms with E-state index in [-0.39, 0.29) is 5.54 Å². The molecule has 0 aromatic heterocycles. The van der Waals surface area contributed by atoms with Gasteiger partial charge in [-0.1, -0.05) is 45.0 Å². The third kappa shape index (κ3) is 3.57. The highest BCUT2D eigenvalue weighted by Crippen LogP contribution is 2.30. The van der Waals surface area contributed by atoms with Gasteiger partial charge in [0.15, 0.2) is 0 Å². The molecule has 0 saturated carbocycles. The van der Waals surface area contributed by atoms with Gasteiger partial charge in [-0.15, -0.1) is 0 Å². The van der Waals surface area contributed by atoms with Gasteiger partial charge in [0.25, 0.3) is 0 Å². The summed E-state index contributed by atoms with van der Waals surface area (Å²) in [5.74, 6) is 0.564. The van der Waals surface area contributed by atoms with Crippen molar-refractivity contribution < 1.29 is 0 Å². The lowest BCUT2D eigenvalue weighted by atomic mass is 9.88. The summed E-state index contributed by atoms with van der Waals surface area (Å²) in [4.78, 5) is 0. The van der Waals surface area contributed by atoms with Crippen LogP contribution in [-0.2, 0) is 5.54 Å². The molecule has 0 amide bonds. The Morgan fingerprint density at radius 1 is 1.00 bits per heavy atom. The van der Waals surface area contributed by atoms with E-state index >= 15 is 0 Å². The molecule has 0 bridgehead atoms. The summed E-state index contributed by atoms with van der Waals surface area (Å²) in [6.07, 6.45) is 1.00. The first kappa shape index (κ1) is 15.4. The summed E-state index contributed by atoms with van der Waals surface area (Å²) in [7, 11) is 0. The van der Waals surface area contributed by atoms with Crippen molar-refractivity contribution in [1.29, 1.82) is 0 Å². The maximum atomic E-state index is 5.79. The fourth-order valence-electron chi connectivity index (χ4n) is 2.49. The highest BCUT2D eigenvalue weighted by atomic mass is 15.0. The summed E-state index contributed by atoms with van der Waals surface area (Å²) >= 11 is 0. The summed E-state index contributed by atoms with van der Waals surface area (Å²) in [5, 5.41) is 3.67. The van der Waals surface area contributed by atoms with Crippen LogP contribution in [0.3, 0.4) is 0 Å². The first-order valence-corrected chi connectivity index (χ1v) is 7.69. The molecule has 3 N–H and O–H groups in total. The summed E-state index contributed by atoms with van der Waals surface area (Å²) in [6, 6.07) is 16.9. The van der Waals surface area contributed by atoms with Gasteiger partial charge in [0.05, 0.1) is 5.54 Å². The number of rotatable bonds is 5. The molecule has 1 atom stereocenters. The Morgan fingerprint density at radius 2 is 1.57 bits per heavy atom. The minimum absolute atomic E-state index is 0.0902. The van der Waals surface area contributed by atoms with Gasteiger partial charge >= 0.3 is 0 Å². The Kier molecular flexibility index (Phi) is 4.56. The van der Waals surface area contributed by atoms with Crippen LogP contribution >= 0.6 is 0 Å². The van der Waals surface area contributed by atoms with E-state index in [1.807, 2.05) is 12.1 Å². The monoisotopic (exact) mass is 282 g/mol. The number of hydrogen-bond acceptors (Lipinski definition) is 2. The molecule has 0 saturated heterocycles. The number of hydrogen-bond donors (Lipinski definition) is 2. The zero-order chi connectivity index (χ0) is 15.5. The predicted molar refractivity (Wildman–Crippen MR) is 92.7 cm³/mol. The lowest BCUT2D eigenvalue weighted by Crippen LogP contribution is -2.31. The third-order valence-corrected chi connectivity index (χ3v) is 4.25. The van der Waals surface area contributed by atoms with E-state index < -0.39 is 0 Å². The smallest absolute Gasteiger partial charge is 0.0594 e. The maximum absolute atomic E-state index is 5.79. The Morgan fingerprint density at radius 3 is 2.05 bits per heavy atom. The molecule has 0 aliphatic carbocycles. The van der Waals surface area contributed by atoms with Crippen molar-refractivity contribution in [2.45, 2.75) is 45.6 Å². The molecule has 2 heteroatoms. The Balaban J connectivity index is 2.23. The SMILES string of the molecule is CCC(C)(Nc1ccc(C(C)C)cc1)c1ccc(N)cc1. The van der Waals surface area contributed by atoms with E-state index in [1.165, 1.54) is 11.1 Å². The molecule has 2 rings (SSSR count). The number of nitrogens with one attached hydrogen (secondary N) is 1. The highest BCUT2D eigenvalue weighted by molar-refractivity contribution is 5.50. The molecule has 0 fully saturated rings. The second-order valence-corrected chi connectivity index (χ2v) is 6.21. The molecule has 112 valence electrons. The van der Waals surface area contributed by atoms with Crippen molar-refractivity contribution in [3.8, 4) is 0 Å². The molecule has 0 aliphatic heterocycles. The predicted octanol–water partition coefficient (Wildman–Crippen LogP) is 5.13. The molecule has 0 aliphatic rings. The van der Waals surface area contributed by atoms with Crippen molar-refractivity contribution in [2.75, 3.05) is 11.1 Å². The van der Waals surface area contributed by atoms with Crippen LogP contribution in [-0.4, -0.2) is 0 Å². The van der Waals surface area contributed by atoms with Crippen molar-refractivity contribution >= 4 is 11.4 Å². The molecule has 0 radical (unpaired) electrons. The van der Waals surface area contributed by atoms with E-state index in [2.05, 4.69) is 69.4 Å². The molecule has 2 nitrogen and oxygen atoms in total. The van der Waals surface area contributed by atoms with Gasteiger partial charge in [0, 0.05) is 11.4 Å².